The van der Waals surface area contributed by atoms with Gasteiger partial charge in [-0.15, -0.1) is 0 Å². The van der Waals surface area contributed by atoms with Crippen LogP contribution in [0.5, 0.6) is 11.5 Å². The Hall–Kier alpha value is -4.58. The van der Waals surface area contributed by atoms with Crippen molar-refractivity contribution in [1.29, 1.82) is 0 Å². The minimum atomic E-state index is -0.115. The third kappa shape index (κ3) is 7.46. The zero-order valence-corrected chi connectivity index (χ0v) is 21.7. The van der Waals surface area contributed by atoms with E-state index in [0.29, 0.717) is 24.5 Å². The highest BCUT2D eigenvalue weighted by molar-refractivity contribution is 5.95. The number of nitrogens with one attached hydrogen (secondary N) is 2. The number of amides is 2. The molecular weight excluding hydrogens is 476 g/mol. The van der Waals surface area contributed by atoms with Crippen LogP contribution >= 0.6 is 0 Å². The van der Waals surface area contributed by atoms with Crippen molar-refractivity contribution in [2.24, 2.45) is 0 Å². The Morgan fingerprint density at radius 1 is 0.763 bits per heavy atom. The van der Waals surface area contributed by atoms with Gasteiger partial charge >= 0.3 is 0 Å². The molecule has 0 fully saturated rings. The lowest BCUT2D eigenvalue weighted by Crippen LogP contribution is -2.24. The van der Waals surface area contributed by atoms with Gasteiger partial charge in [0.25, 0.3) is 5.91 Å². The third-order valence-corrected chi connectivity index (χ3v) is 6.15. The lowest BCUT2D eigenvalue weighted by atomic mass is 9.98. The largest absolute Gasteiger partial charge is 0.496 e. The van der Waals surface area contributed by atoms with Crippen LogP contribution in [-0.4, -0.2) is 18.9 Å². The summed E-state index contributed by atoms with van der Waals surface area (Å²) in [5, 5.41) is 5.78. The first-order chi connectivity index (χ1) is 18.5. The van der Waals surface area contributed by atoms with E-state index in [1.807, 2.05) is 78.9 Å². The number of benzene rings is 4. The first-order valence-corrected chi connectivity index (χ1v) is 12.6. The average molecular weight is 509 g/mol. The van der Waals surface area contributed by atoms with Gasteiger partial charge in [-0.05, 0) is 72.0 Å². The van der Waals surface area contributed by atoms with Crippen molar-refractivity contribution in [2.45, 2.75) is 32.9 Å². The number of ether oxygens (including phenoxy) is 2. The van der Waals surface area contributed by atoms with Crippen molar-refractivity contribution in [2.75, 3.05) is 12.4 Å². The van der Waals surface area contributed by atoms with Gasteiger partial charge in [-0.25, -0.2) is 0 Å². The molecule has 194 valence electrons. The van der Waals surface area contributed by atoms with Gasteiger partial charge < -0.3 is 20.1 Å². The van der Waals surface area contributed by atoms with Crippen LogP contribution in [0.25, 0.3) is 0 Å². The molecule has 2 amide bonds. The van der Waals surface area contributed by atoms with E-state index >= 15 is 0 Å². The van der Waals surface area contributed by atoms with Gasteiger partial charge in [0.2, 0.25) is 5.91 Å². The summed E-state index contributed by atoms with van der Waals surface area (Å²) in [4.78, 5) is 24.1. The van der Waals surface area contributed by atoms with Gasteiger partial charge in [-0.2, -0.15) is 0 Å². The average Bonchev–Trinajstić information content (AvgIpc) is 2.95. The summed E-state index contributed by atoms with van der Waals surface area (Å²) < 4.78 is 11.5. The van der Waals surface area contributed by atoms with E-state index in [4.69, 9.17) is 9.47 Å². The lowest BCUT2D eigenvalue weighted by molar-refractivity contribution is -0.114. The second-order valence-electron chi connectivity index (χ2n) is 8.97. The molecule has 0 aliphatic heterocycles. The van der Waals surface area contributed by atoms with Gasteiger partial charge in [-0.3, -0.25) is 9.59 Å². The van der Waals surface area contributed by atoms with Crippen LogP contribution in [0.1, 0.15) is 39.5 Å². The number of carbonyl (C=O) groups excluding carboxylic acids is 2. The molecule has 0 aliphatic carbocycles. The van der Waals surface area contributed by atoms with Crippen LogP contribution in [0.15, 0.2) is 97.1 Å². The van der Waals surface area contributed by atoms with Crippen LogP contribution in [0.4, 0.5) is 5.69 Å². The molecular formula is C32H32N2O4. The molecule has 0 bridgehead atoms. The van der Waals surface area contributed by atoms with Crippen LogP contribution in [0, 0.1) is 0 Å². The number of rotatable bonds is 11. The standard InChI is InChI=1S/C32H32N2O4/c1-23(35)34-28-15-17-29(18-16-28)38-22-27-20-24(13-19-31(27)37-2)12-14-26-10-6-7-11-30(26)32(36)33-21-25-8-4-3-5-9-25/h3-11,13,15-20H,12,14,21-22H2,1-2H3,(H,33,36)(H,34,35). The molecule has 38 heavy (non-hydrogen) atoms. The normalized spacial score (nSPS) is 10.5. The molecule has 2 N–H and O–H groups in total. The summed E-state index contributed by atoms with van der Waals surface area (Å²) in [7, 11) is 1.64. The molecule has 0 spiro atoms. The zero-order valence-electron chi connectivity index (χ0n) is 21.7. The zero-order chi connectivity index (χ0) is 26.7. The summed E-state index contributed by atoms with van der Waals surface area (Å²) in [6, 6.07) is 31.0. The molecule has 0 atom stereocenters. The molecule has 0 aliphatic rings. The molecule has 4 aromatic carbocycles. The van der Waals surface area contributed by atoms with Crippen molar-refractivity contribution in [3.63, 3.8) is 0 Å². The van der Waals surface area contributed by atoms with E-state index in [0.717, 1.165) is 46.5 Å². The first-order valence-electron chi connectivity index (χ1n) is 12.6. The second kappa shape index (κ2) is 13.1. The monoisotopic (exact) mass is 508 g/mol. The summed E-state index contributed by atoms with van der Waals surface area (Å²) in [5.41, 5.74) is 5.55. The van der Waals surface area contributed by atoms with Crippen molar-refractivity contribution in [3.8, 4) is 11.5 Å². The van der Waals surface area contributed by atoms with E-state index in [2.05, 4.69) is 16.7 Å². The fraction of sp³-hybridized carbons (Fsp3) is 0.188. The maximum atomic E-state index is 12.9. The van der Waals surface area contributed by atoms with Gasteiger partial charge in [-0.1, -0.05) is 54.6 Å². The Balaban J connectivity index is 1.39. The summed E-state index contributed by atoms with van der Waals surface area (Å²) in [5.74, 6) is 1.26. The topological polar surface area (TPSA) is 76.7 Å². The van der Waals surface area contributed by atoms with Gasteiger partial charge in [0.05, 0.1) is 7.11 Å². The molecule has 4 aromatic rings. The van der Waals surface area contributed by atoms with E-state index in [1.54, 1.807) is 19.2 Å². The van der Waals surface area contributed by atoms with Crippen molar-refractivity contribution in [1.82, 2.24) is 5.32 Å². The van der Waals surface area contributed by atoms with E-state index in [1.165, 1.54) is 6.92 Å². The predicted octanol–water partition coefficient (Wildman–Crippen LogP) is 5.95. The molecule has 0 aromatic heterocycles. The number of anilines is 1. The fourth-order valence-electron chi connectivity index (χ4n) is 4.21. The Labute approximate surface area is 223 Å². The van der Waals surface area contributed by atoms with Crippen LogP contribution in [0.2, 0.25) is 0 Å². The summed E-state index contributed by atoms with van der Waals surface area (Å²) >= 11 is 0. The highest BCUT2D eigenvalue weighted by Crippen LogP contribution is 2.24. The minimum Gasteiger partial charge on any atom is -0.496 e. The number of aryl methyl sites for hydroxylation is 2. The maximum Gasteiger partial charge on any atom is 0.251 e. The molecule has 6 heteroatoms. The van der Waals surface area contributed by atoms with Crippen LogP contribution in [-0.2, 0) is 30.8 Å². The van der Waals surface area contributed by atoms with Crippen LogP contribution < -0.4 is 20.1 Å². The van der Waals surface area contributed by atoms with Gasteiger partial charge in [0, 0.05) is 30.3 Å². The predicted molar refractivity (Wildman–Crippen MR) is 150 cm³/mol. The van der Waals surface area contributed by atoms with Gasteiger partial charge in [0.15, 0.2) is 0 Å². The van der Waals surface area contributed by atoms with Crippen molar-refractivity contribution >= 4 is 17.5 Å². The van der Waals surface area contributed by atoms with Gasteiger partial charge in [0.1, 0.15) is 18.1 Å². The quantitative estimate of drug-likeness (QED) is 0.263. The maximum absolute atomic E-state index is 12.9. The highest BCUT2D eigenvalue weighted by Gasteiger charge is 2.12. The van der Waals surface area contributed by atoms with Crippen LogP contribution in [0.3, 0.4) is 0 Å². The van der Waals surface area contributed by atoms with Crippen molar-refractivity contribution in [3.05, 3.63) is 125 Å². The molecule has 0 radical (unpaired) electrons. The Bertz CT molecular complexity index is 1370. The SMILES string of the molecule is COc1ccc(CCc2ccccc2C(=O)NCc2ccccc2)cc1COc1ccc(NC(C)=O)cc1. The first kappa shape index (κ1) is 26.5. The Morgan fingerprint density at radius 3 is 2.24 bits per heavy atom. The highest BCUT2D eigenvalue weighted by atomic mass is 16.5. The summed E-state index contributed by atoms with van der Waals surface area (Å²) in [6.45, 7) is 2.31. The lowest BCUT2D eigenvalue weighted by Gasteiger charge is -2.14. The Kier molecular flexibility index (Phi) is 9.13. The third-order valence-electron chi connectivity index (χ3n) is 6.15. The smallest absolute Gasteiger partial charge is 0.251 e. The number of methoxy groups -OCH3 is 1. The van der Waals surface area contributed by atoms with E-state index in [-0.39, 0.29) is 11.8 Å². The Morgan fingerprint density at radius 2 is 1.50 bits per heavy atom. The number of carbonyl (C=O) groups is 2. The molecule has 0 saturated carbocycles. The summed E-state index contributed by atoms with van der Waals surface area (Å²) in [6.07, 6.45) is 1.50. The second-order valence-corrected chi connectivity index (χ2v) is 8.97. The molecule has 0 unspecified atom stereocenters. The van der Waals surface area contributed by atoms with Crippen molar-refractivity contribution < 1.29 is 19.1 Å². The number of hydrogen-bond acceptors (Lipinski definition) is 4. The molecule has 0 saturated heterocycles. The minimum absolute atomic E-state index is 0.0715. The fourth-order valence-corrected chi connectivity index (χ4v) is 4.21. The van der Waals surface area contributed by atoms with E-state index < -0.39 is 0 Å². The number of hydrogen-bond donors (Lipinski definition) is 2. The van der Waals surface area contributed by atoms with E-state index in [9.17, 15) is 9.59 Å². The molecule has 0 heterocycles. The molecule has 4 rings (SSSR count). The molecule has 6 nitrogen and oxygen atoms in total.